The normalized spacial score (nSPS) is 15.4. The van der Waals surface area contributed by atoms with E-state index in [9.17, 15) is 18.3 Å². The minimum atomic E-state index is -3.80. The maximum Gasteiger partial charge on any atom is 0.335 e. The Morgan fingerprint density at radius 3 is 2.57 bits per heavy atom. The van der Waals surface area contributed by atoms with Crippen LogP contribution in [0.15, 0.2) is 23.1 Å². The van der Waals surface area contributed by atoms with Gasteiger partial charge in [0, 0.05) is 0 Å². The highest BCUT2D eigenvalue weighted by Gasteiger charge is 2.22. The molecule has 0 amide bonds. The molecule has 1 aliphatic rings. The molecule has 0 atom stereocenters. The molecule has 0 unspecified atom stereocenters. The van der Waals surface area contributed by atoms with Crippen LogP contribution in [0.4, 0.5) is 5.69 Å². The molecular weight excluding hydrogens is 318 g/mol. The number of benzene rings is 1. The van der Waals surface area contributed by atoms with E-state index in [2.05, 4.69) is 4.72 Å². The summed E-state index contributed by atoms with van der Waals surface area (Å²) in [5.41, 5.74) is -0.409. The van der Waals surface area contributed by atoms with E-state index in [1.54, 1.807) is 6.08 Å². The van der Waals surface area contributed by atoms with E-state index in [0.717, 1.165) is 25.0 Å². The largest absolute Gasteiger partial charge is 0.506 e. The number of carbonyl (C=O) groups is 1. The number of halogens is 1. The lowest BCUT2D eigenvalue weighted by Crippen LogP contribution is -2.17. The SMILES string of the molecule is O=C(O)c1cc(O)c(Cl)c(NS(=O)(=O)C2=CCCCC2)c1. The second-order valence-electron chi connectivity index (χ2n) is 4.68. The van der Waals surface area contributed by atoms with Gasteiger partial charge in [0.25, 0.3) is 10.0 Å². The van der Waals surface area contributed by atoms with Crippen LogP contribution in [0.5, 0.6) is 5.75 Å². The zero-order valence-electron chi connectivity index (χ0n) is 11.0. The second kappa shape index (κ2) is 5.95. The number of nitrogens with one attached hydrogen (secondary N) is 1. The van der Waals surface area contributed by atoms with E-state index in [4.69, 9.17) is 16.7 Å². The topological polar surface area (TPSA) is 104 Å². The average Bonchev–Trinajstić information content (AvgIpc) is 2.44. The molecule has 0 heterocycles. The van der Waals surface area contributed by atoms with Crippen molar-refractivity contribution < 1.29 is 23.4 Å². The monoisotopic (exact) mass is 331 g/mol. The van der Waals surface area contributed by atoms with Gasteiger partial charge in [0.2, 0.25) is 0 Å². The highest BCUT2D eigenvalue weighted by molar-refractivity contribution is 7.96. The van der Waals surface area contributed by atoms with Gasteiger partial charge >= 0.3 is 5.97 Å². The molecule has 0 radical (unpaired) electrons. The van der Waals surface area contributed by atoms with Crippen molar-refractivity contribution in [3.05, 3.63) is 33.7 Å². The van der Waals surface area contributed by atoms with Gasteiger partial charge in [-0.3, -0.25) is 4.72 Å². The molecule has 114 valence electrons. The standard InChI is InChI=1S/C13H14ClNO5S/c14-12-10(6-8(13(17)18)7-11(12)16)15-21(19,20)9-4-2-1-3-5-9/h4,6-7,15-16H,1-3,5H2,(H,17,18). The molecule has 0 bridgehead atoms. The fourth-order valence-corrected chi connectivity index (χ4v) is 3.61. The predicted octanol–water partition coefficient (Wildman–Crippen LogP) is 2.94. The number of aromatic carboxylic acids is 1. The fourth-order valence-electron chi connectivity index (χ4n) is 2.07. The lowest BCUT2D eigenvalue weighted by atomic mass is 10.1. The van der Waals surface area contributed by atoms with Gasteiger partial charge in [-0.2, -0.15) is 0 Å². The number of carboxylic acid groups (broad SMARTS) is 1. The molecular formula is C13H14ClNO5S. The van der Waals surface area contributed by atoms with E-state index < -0.39 is 21.7 Å². The molecule has 2 rings (SSSR count). The van der Waals surface area contributed by atoms with E-state index in [-0.39, 0.29) is 21.2 Å². The Hall–Kier alpha value is -1.73. The van der Waals surface area contributed by atoms with Crippen molar-refractivity contribution in [1.82, 2.24) is 0 Å². The first-order valence-electron chi connectivity index (χ1n) is 6.29. The van der Waals surface area contributed by atoms with Gasteiger partial charge in [-0.15, -0.1) is 0 Å². The van der Waals surface area contributed by atoms with Crippen LogP contribution in [0.1, 0.15) is 36.0 Å². The number of hydrogen-bond donors (Lipinski definition) is 3. The van der Waals surface area contributed by atoms with Crippen molar-refractivity contribution >= 4 is 33.3 Å². The first-order chi connectivity index (χ1) is 9.81. The van der Waals surface area contributed by atoms with Crippen molar-refractivity contribution in [1.29, 1.82) is 0 Å². The Morgan fingerprint density at radius 1 is 1.29 bits per heavy atom. The summed E-state index contributed by atoms with van der Waals surface area (Å²) in [5, 5.41) is 18.3. The average molecular weight is 332 g/mol. The van der Waals surface area contributed by atoms with E-state index in [0.29, 0.717) is 12.8 Å². The third-order valence-electron chi connectivity index (χ3n) is 3.14. The molecule has 0 spiro atoms. The molecule has 8 heteroatoms. The number of carboxylic acids is 1. The van der Waals surface area contributed by atoms with Crippen LogP contribution in [-0.4, -0.2) is 24.6 Å². The molecule has 0 saturated carbocycles. The van der Waals surface area contributed by atoms with Crippen LogP contribution >= 0.6 is 11.6 Å². The summed E-state index contributed by atoms with van der Waals surface area (Å²) in [6, 6.07) is 2.04. The second-order valence-corrected chi connectivity index (χ2v) is 6.80. The Labute approximate surface area is 127 Å². The fraction of sp³-hybridized carbons (Fsp3) is 0.308. The lowest BCUT2D eigenvalue weighted by molar-refractivity contribution is 0.0696. The summed E-state index contributed by atoms with van der Waals surface area (Å²) in [7, 11) is -3.80. The van der Waals surface area contributed by atoms with Crippen LogP contribution in [0.25, 0.3) is 0 Å². The first-order valence-corrected chi connectivity index (χ1v) is 8.15. The number of phenols is 1. The minimum Gasteiger partial charge on any atom is -0.506 e. The highest BCUT2D eigenvalue weighted by atomic mass is 35.5. The van der Waals surface area contributed by atoms with E-state index in [1.165, 1.54) is 0 Å². The number of anilines is 1. The molecule has 0 saturated heterocycles. The molecule has 1 aliphatic carbocycles. The van der Waals surface area contributed by atoms with Crippen LogP contribution in [-0.2, 0) is 10.0 Å². The summed E-state index contributed by atoms with van der Waals surface area (Å²) >= 11 is 5.83. The molecule has 1 aromatic carbocycles. The number of hydrogen-bond acceptors (Lipinski definition) is 4. The quantitative estimate of drug-likeness (QED) is 0.787. The summed E-state index contributed by atoms with van der Waals surface area (Å²) in [6.45, 7) is 0. The molecule has 1 aromatic rings. The van der Waals surface area contributed by atoms with Gasteiger partial charge in [-0.1, -0.05) is 17.7 Å². The minimum absolute atomic E-state index is 0.152. The molecule has 0 aliphatic heterocycles. The summed E-state index contributed by atoms with van der Waals surface area (Å²) < 4.78 is 26.7. The van der Waals surface area contributed by atoms with Gasteiger partial charge in [-0.25, -0.2) is 13.2 Å². The maximum absolute atomic E-state index is 12.2. The summed E-state index contributed by atoms with van der Waals surface area (Å²) in [5.74, 6) is -1.79. The van der Waals surface area contributed by atoms with Crippen molar-refractivity contribution in [2.45, 2.75) is 25.7 Å². The molecule has 21 heavy (non-hydrogen) atoms. The van der Waals surface area contributed by atoms with E-state index in [1.807, 2.05) is 0 Å². The molecule has 6 nitrogen and oxygen atoms in total. The highest BCUT2D eigenvalue weighted by Crippen LogP contribution is 2.35. The van der Waals surface area contributed by atoms with Gasteiger partial charge in [0.1, 0.15) is 10.8 Å². The van der Waals surface area contributed by atoms with E-state index >= 15 is 0 Å². The Kier molecular flexibility index (Phi) is 4.43. The van der Waals surface area contributed by atoms with Crippen LogP contribution < -0.4 is 4.72 Å². The molecule has 0 fully saturated rings. The third-order valence-corrected chi connectivity index (χ3v) is 5.09. The summed E-state index contributed by atoms with van der Waals surface area (Å²) in [4.78, 5) is 11.2. The molecule has 3 N–H and O–H groups in total. The number of aromatic hydroxyl groups is 1. The first kappa shape index (κ1) is 15.7. The smallest absolute Gasteiger partial charge is 0.335 e. The zero-order chi connectivity index (χ0) is 15.6. The number of phenolic OH excluding ortho intramolecular Hbond substituents is 1. The number of allylic oxidation sites excluding steroid dienone is 2. The van der Waals surface area contributed by atoms with Gasteiger partial charge in [0.05, 0.1) is 16.2 Å². The van der Waals surface area contributed by atoms with Crippen LogP contribution in [0.3, 0.4) is 0 Å². The van der Waals surface area contributed by atoms with Crippen molar-refractivity contribution in [3.63, 3.8) is 0 Å². The Balaban J connectivity index is 2.39. The zero-order valence-corrected chi connectivity index (χ0v) is 12.5. The third kappa shape index (κ3) is 3.48. The van der Waals surface area contributed by atoms with Gasteiger partial charge in [-0.05, 0) is 37.8 Å². The van der Waals surface area contributed by atoms with Gasteiger partial charge in [0.15, 0.2) is 0 Å². The lowest BCUT2D eigenvalue weighted by Gasteiger charge is -2.16. The summed E-state index contributed by atoms with van der Waals surface area (Å²) in [6.07, 6.45) is 4.47. The predicted molar refractivity (Wildman–Crippen MR) is 79.2 cm³/mol. The molecule has 0 aromatic heterocycles. The Bertz CT molecular complexity index is 712. The van der Waals surface area contributed by atoms with Crippen LogP contribution in [0.2, 0.25) is 5.02 Å². The number of rotatable bonds is 4. The number of sulfonamides is 1. The van der Waals surface area contributed by atoms with Crippen molar-refractivity contribution in [2.24, 2.45) is 0 Å². The maximum atomic E-state index is 12.2. The van der Waals surface area contributed by atoms with Gasteiger partial charge < -0.3 is 10.2 Å². The Morgan fingerprint density at radius 2 is 2.00 bits per heavy atom. The van der Waals surface area contributed by atoms with Crippen molar-refractivity contribution in [3.8, 4) is 5.75 Å². The van der Waals surface area contributed by atoms with Crippen LogP contribution in [0, 0.1) is 0 Å². The van der Waals surface area contributed by atoms with Crippen molar-refractivity contribution in [2.75, 3.05) is 4.72 Å².